The van der Waals surface area contributed by atoms with Crippen molar-refractivity contribution in [3.05, 3.63) is 0 Å². The summed E-state index contributed by atoms with van der Waals surface area (Å²) in [4.78, 5) is 16.8. The molecule has 2 aliphatic rings. The first-order valence-corrected chi connectivity index (χ1v) is 9.54. The van der Waals surface area contributed by atoms with Gasteiger partial charge in [0.1, 0.15) is 5.78 Å². The minimum absolute atomic E-state index is 0.205. The fraction of sp³-hybridized carbons (Fsp3) is 0.941. The Bertz CT molecular complexity index is 328. The minimum atomic E-state index is 0.205. The molecule has 2 heterocycles. The molecular weight excluding hydrogens is 279 g/mol. The van der Waals surface area contributed by atoms with Gasteiger partial charge in [-0.15, -0.1) is 9.24 Å². The number of rotatable bonds is 6. The summed E-state index contributed by atoms with van der Waals surface area (Å²) in [6.45, 7) is 10.2. The van der Waals surface area contributed by atoms with Gasteiger partial charge in [0.2, 0.25) is 0 Å². The molecule has 0 bridgehead atoms. The van der Waals surface area contributed by atoms with Gasteiger partial charge in [0.25, 0.3) is 0 Å². The normalized spacial score (nSPS) is 23.8. The fourth-order valence-corrected chi connectivity index (χ4v) is 4.09. The van der Waals surface area contributed by atoms with Crippen LogP contribution in [0.25, 0.3) is 0 Å². The average Bonchev–Trinajstić information content (AvgIpc) is 2.50. The Balaban J connectivity index is 1.65. The van der Waals surface area contributed by atoms with Gasteiger partial charge in [-0.25, -0.2) is 0 Å². The number of hydrogen-bond acceptors (Lipinski definition) is 3. The number of carbonyl (C=O) groups is 1. The van der Waals surface area contributed by atoms with Gasteiger partial charge in [0.05, 0.1) is 0 Å². The summed E-state index contributed by atoms with van der Waals surface area (Å²) in [5.41, 5.74) is 0.639. The van der Waals surface area contributed by atoms with E-state index < -0.39 is 0 Å². The molecule has 2 saturated heterocycles. The molecule has 1 atom stereocenters. The summed E-state index contributed by atoms with van der Waals surface area (Å²) in [6, 6.07) is 0. The zero-order valence-corrected chi connectivity index (χ0v) is 15.1. The third kappa shape index (κ3) is 5.01. The Morgan fingerprint density at radius 2 is 1.57 bits per heavy atom. The summed E-state index contributed by atoms with van der Waals surface area (Å²) in [5.74, 6) is 0.629. The smallest absolute Gasteiger partial charge is 0.135 e. The molecule has 0 N–H and O–H groups in total. The number of ketones is 1. The maximum absolute atomic E-state index is 11.7. The summed E-state index contributed by atoms with van der Waals surface area (Å²) >= 11 is 0. The fourth-order valence-electron chi connectivity index (χ4n) is 3.73. The van der Waals surface area contributed by atoms with Crippen molar-refractivity contribution in [3.63, 3.8) is 0 Å². The first kappa shape index (κ1) is 17.4. The van der Waals surface area contributed by atoms with Crippen LogP contribution in [0.3, 0.4) is 0 Å². The molecule has 0 saturated carbocycles. The second-order valence-corrected chi connectivity index (χ2v) is 7.73. The van der Waals surface area contributed by atoms with Gasteiger partial charge < -0.3 is 4.90 Å². The van der Waals surface area contributed by atoms with Crippen molar-refractivity contribution in [1.82, 2.24) is 9.80 Å². The predicted octanol–water partition coefficient (Wildman–Crippen LogP) is 3.00. The lowest BCUT2D eigenvalue weighted by Crippen LogP contribution is -2.46. The first-order valence-electron chi connectivity index (χ1n) is 8.72. The number of nitrogens with zero attached hydrogens (tertiary/aromatic N) is 2. The lowest BCUT2D eigenvalue weighted by Gasteiger charge is -2.46. The minimum Gasteiger partial charge on any atom is -0.303 e. The van der Waals surface area contributed by atoms with Crippen molar-refractivity contribution >= 4 is 15.0 Å². The molecule has 122 valence electrons. The van der Waals surface area contributed by atoms with Gasteiger partial charge in [-0.2, -0.15) is 0 Å². The molecule has 0 amide bonds. The Morgan fingerprint density at radius 3 is 2.05 bits per heavy atom. The second kappa shape index (κ2) is 8.04. The maximum Gasteiger partial charge on any atom is 0.135 e. The molecule has 2 aliphatic heterocycles. The van der Waals surface area contributed by atoms with E-state index in [1.807, 2.05) is 13.8 Å². The van der Waals surface area contributed by atoms with E-state index in [2.05, 4.69) is 19.0 Å². The Labute approximate surface area is 133 Å². The highest BCUT2D eigenvalue weighted by Crippen LogP contribution is 2.41. The average molecular weight is 312 g/mol. The molecule has 0 aliphatic carbocycles. The van der Waals surface area contributed by atoms with Crippen LogP contribution >= 0.6 is 9.24 Å². The van der Waals surface area contributed by atoms with Crippen LogP contribution < -0.4 is 0 Å². The van der Waals surface area contributed by atoms with Crippen molar-refractivity contribution < 1.29 is 4.79 Å². The highest BCUT2D eigenvalue weighted by atomic mass is 31.0. The summed E-state index contributed by atoms with van der Waals surface area (Å²) in [5, 5.41) is 0. The Kier molecular flexibility index (Phi) is 6.65. The molecule has 0 aromatic rings. The summed E-state index contributed by atoms with van der Waals surface area (Å²) in [6.07, 6.45) is 8.47. The van der Waals surface area contributed by atoms with E-state index in [9.17, 15) is 4.79 Å². The first-order chi connectivity index (χ1) is 10.0. The monoisotopic (exact) mass is 312 g/mol. The summed E-state index contributed by atoms with van der Waals surface area (Å²) in [7, 11) is 2.85. The van der Waals surface area contributed by atoms with Crippen LogP contribution in [0.5, 0.6) is 0 Å². The van der Waals surface area contributed by atoms with Crippen molar-refractivity contribution in [1.29, 1.82) is 0 Å². The van der Waals surface area contributed by atoms with Crippen LogP contribution in [0.4, 0.5) is 0 Å². The standard InChI is InChI=1S/C17H33N2OP/c1-15(2)16(20)4-3-9-18-10-5-17(6-11-18)7-12-19(14-21)13-8-17/h15H,3-14,21H2,1-2H3. The van der Waals surface area contributed by atoms with Crippen LogP contribution in [-0.4, -0.2) is 54.6 Å². The van der Waals surface area contributed by atoms with Crippen LogP contribution in [0.1, 0.15) is 52.4 Å². The molecule has 2 rings (SSSR count). The molecule has 1 spiro atoms. The van der Waals surface area contributed by atoms with Gasteiger partial charge in [0.15, 0.2) is 0 Å². The van der Waals surface area contributed by atoms with Gasteiger partial charge in [-0.05, 0) is 70.2 Å². The lowest BCUT2D eigenvalue weighted by molar-refractivity contribution is -0.122. The predicted molar refractivity (Wildman–Crippen MR) is 92.6 cm³/mol. The van der Waals surface area contributed by atoms with E-state index in [1.165, 1.54) is 51.9 Å². The molecule has 1 unspecified atom stereocenters. The van der Waals surface area contributed by atoms with Crippen molar-refractivity contribution in [2.24, 2.45) is 11.3 Å². The Morgan fingerprint density at radius 1 is 1.05 bits per heavy atom. The van der Waals surface area contributed by atoms with Crippen LogP contribution in [-0.2, 0) is 4.79 Å². The molecule has 0 radical (unpaired) electrons. The topological polar surface area (TPSA) is 23.6 Å². The highest BCUT2D eigenvalue weighted by Gasteiger charge is 2.36. The third-order valence-corrected chi connectivity index (χ3v) is 6.15. The summed E-state index contributed by atoms with van der Waals surface area (Å²) < 4.78 is 0. The zero-order chi connectivity index (χ0) is 15.3. The van der Waals surface area contributed by atoms with Crippen molar-refractivity contribution in [3.8, 4) is 0 Å². The largest absolute Gasteiger partial charge is 0.303 e. The van der Waals surface area contributed by atoms with E-state index in [0.29, 0.717) is 11.2 Å². The number of Topliss-reactive ketones (excluding diaryl/α,β-unsaturated/α-hetero) is 1. The zero-order valence-electron chi connectivity index (χ0n) is 13.9. The molecule has 2 fully saturated rings. The SMILES string of the molecule is CC(C)C(=O)CCCN1CCC2(CCN(CP)CC2)CC1. The van der Waals surface area contributed by atoms with Gasteiger partial charge >= 0.3 is 0 Å². The van der Waals surface area contributed by atoms with E-state index >= 15 is 0 Å². The van der Waals surface area contributed by atoms with Crippen LogP contribution in [0, 0.1) is 11.3 Å². The van der Waals surface area contributed by atoms with Crippen molar-refractivity contribution in [2.45, 2.75) is 52.4 Å². The third-order valence-electron chi connectivity index (χ3n) is 5.63. The number of piperidine rings is 2. The van der Waals surface area contributed by atoms with E-state index in [4.69, 9.17) is 0 Å². The maximum atomic E-state index is 11.7. The molecule has 3 nitrogen and oxygen atoms in total. The van der Waals surface area contributed by atoms with Crippen LogP contribution in [0.15, 0.2) is 0 Å². The number of carbonyl (C=O) groups excluding carboxylic acids is 1. The van der Waals surface area contributed by atoms with E-state index in [0.717, 1.165) is 25.7 Å². The van der Waals surface area contributed by atoms with Gasteiger partial charge in [-0.1, -0.05) is 13.8 Å². The van der Waals surface area contributed by atoms with Gasteiger partial charge in [-0.3, -0.25) is 9.69 Å². The number of likely N-dealkylation sites (tertiary alicyclic amines) is 2. The lowest BCUT2D eigenvalue weighted by atomic mass is 9.71. The molecule has 4 heteroatoms. The van der Waals surface area contributed by atoms with Crippen LogP contribution in [0.2, 0.25) is 0 Å². The van der Waals surface area contributed by atoms with E-state index in [1.54, 1.807) is 0 Å². The molecule has 21 heavy (non-hydrogen) atoms. The van der Waals surface area contributed by atoms with Gasteiger partial charge in [0, 0.05) is 18.6 Å². The molecule has 0 aromatic heterocycles. The quantitative estimate of drug-likeness (QED) is 0.705. The second-order valence-electron chi connectivity index (χ2n) is 7.37. The highest BCUT2D eigenvalue weighted by molar-refractivity contribution is 7.16. The molecule has 0 aromatic carbocycles. The van der Waals surface area contributed by atoms with E-state index in [-0.39, 0.29) is 5.92 Å². The number of hydrogen-bond donors (Lipinski definition) is 0. The molecular formula is C17H33N2OP. The Hall–Kier alpha value is 0.0200. The van der Waals surface area contributed by atoms with Crippen molar-refractivity contribution in [2.75, 3.05) is 39.0 Å².